The van der Waals surface area contributed by atoms with Crippen LogP contribution in [-0.4, -0.2) is 36.7 Å². The summed E-state index contributed by atoms with van der Waals surface area (Å²) in [5.41, 5.74) is 2.03. The second kappa shape index (κ2) is 5.58. The van der Waals surface area contributed by atoms with Crippen molar-refractivity contribution in [1.82, 2.24) is 9.88 Å². The maximum atomic E-state index is 10.4. The van der Waals surface area contributed by atoms with Crippen LogP contribution in [0.4, 0.5) is 0 Å². The monoisotopic (exact) mass is 311 g/mol. The van der Waals surface area contributed by atoms with Gasteiger partial charge in [0, 0.05) is 13.0 Å². The number of aliphatic hydroxyl groups is 2. The molecule has 2 unspecified atom stereocenters. The zero-order chi connectivity index (χ0) is 15.9. The highest BCUT2D eigenvalue weighted by molar-refractivity contribution is 5.60. The van der Waals surface area contributed by atoms with Crippen LogP contribution in [0.2, 0.25) is 0 Å². The molecule has 0 saturated carbocycles. The Morgan fingerprint density at radius 1 is 1.22 bits per heavy atom. The normalized spacial score (nSPS) is 28.6. The average Bonchev–Trinajstić information content (AvgIpc) is 3.07. The molecule has 120 valence electrons. The summed E-state index contributed by atoms with van der Waals surface area (Å²) in [7, 11) is 0. The van der Waals surface area contributed by atoms with Gasteiger partial charge in [0.25, 0.3) is 0 Å². The highest BCUT2D eigenvalue weighted by atomic mass is 16.5. The Kier molecular flexibility index (Phi) is 3.54. The van der Waals surface area contributed by atoms with Gasteiger partial charge < -0.3 is 15.1 Å². The molecule has 0 spiro atoms. The average molecular weight is 311 g/mol. The molecular formula is C18H21N3O2. The van der Waals surface area contributed by atoms with E-state index in [2.05, 4.69) is 9.48 Å². The predicted octanol–water partition coefficient (Wildman–Crippen LogP) is 1.39. The van der Waals surface area contributed by atoms with Gasteiger partial charge in [0.05, 0.1) is 11.6 Å². The fraction of sp³-hybridized carbons (Fsp3) is 0.389. The first-order chi connectivity index (χ1) is 11.1. The van der Waals surface area contributed by atoms with Gasteiger partial charge in [0.15, 0.2) is 24.7 Å². The van der Waals surface area contributed by atoms with Gasteiger partial charge in [-0.1, -0.05) is 12.1 Å². The third kappa shape index (κ3) is 3.35. The van der Waals surface area contributed by atoms with E-state index in [1.54, 1.807) is 0 Å². The summed E-state index contributed by atoms with van der Waals surface area (Å²) in [6.45, 7) is 3.45. The highest BCUT2D eigenvalue weighted by Crippen LogP contribution is 2.30. The van der Waals surface area contributed by atoms with Gasteiger partial charge in [-0.05, 0) is 30.8 Å². The maximum absolute atomic E-state index is 10.4. The van der Waals surface area contributed by atoms with Gasteiger partial charge >= 0.3 is 0 Å². The summed E-state index contributed by atoms with van der Waals surface area (Å²) in [6.07, 6.45) is 10.7. The van der Waals surface area contributed by atoms with Crippen LogP contribution in [0.15, 0.2) is 42.8 Å². The van der Waals surface area contributed by atoms with Crippen molar-refractivity contribution in [1.29, 1.82) is 0 Å². The molecule has 3 aliphatic rings. The molecule has 4 heterocycles. The van der Waals surface area contributed by atoms with E-state index >= 15 is 0 Å². The molecule has 0 aromatic carbocycles. The molecule has 0 saturated heterocycles. The van der Waals surface area contributed by atoms with E-state index < -0.39 is 5.79 Å². The lowest BCUT2D eigenvalue weighted by atomic mass is 9.92. The van der Waals surface area contributed by atoms with Crippen molar-refractivity contribution in [2.45, 2.75) is 31.7 Å². The number of nitrogens with zero attached hydrogens (tertiary/aromatic N) is 3. The van der Waals surface area contributed by atoms with E-state index in [1.165, 1.54) is 0 Å². The molecule has 0 radical (unpaired) electrons. The third-order valence-electron chi connectivity index (χ3n) is 4.49. The zero-order valence-corrected chi connectivity index (χ0v) is 12.9. The fourth-order valence-corrected chi connectivity index (χ4v) is 3.50. The van der Waals surface area contributed by atoms with E-state index in [0.29, 0.717) is 25.9 Å². The van der Waals surface area contributed by atoms with E-state index in [-0.39, 0.29) is 11.8 Å². The van der Waals surface area contributed by atoms with Crippen molar-refractivity contribution in [2.24, 2.45) is 11.8 Å². The molecule has 2 N–H and O–H groups in total. The van der Waals surface area contributed by atoms with E-state index in [0.717, 1.165) is 11.4 Å². The molecule has 1 aromatic heterocycles. The van der Waals surface area contributed by atoms with Crippen molar-refractivity contribution >= 4 is 6.21 Å². The number of hydrogen-bond donors (Lipinski definition) is 2. The maximum Gasteiger partial charge on any atom is 0.190 e. The summed E-state index contributed by atoms with van der Waals surface area (Å²) in [4.78, 5) is 6.80. The lowest BCUT2D eigenvalue weighted by Gasteiger charge is -2.33. The minimum absolute atomic E-state index is 0.0395. The van der Waals surface area contributed by atoms with Gasteiger partial charge in [-0.25, -0.2) is 16.1 Å². The second-order valence-corrected chi connectivity index (χ2v) is 6.66. The van der Waals surface area contributed by atoms with Crippen molar-refractivity contribution < 1.29 is 14.8 Å². The van der Waals surface area contributed by atoms with Gasteiger partial charge in [0.1, 0.15) is 5.69 Å². The SMILES string of the molecule is OC1(O)CC2C=C[N+](=C2)Cc2cccc(n2)CN2C=CC([CH-]2)C1. The number of allylic oxidation sites excluding steroid dienone is 1. The summed E-state index contributed by atoms with van der Waals surface area (Å²) in [5.74, 6) is -1.59. The summed E-state index contributed by atoms with van der Waals surface area (Å²) in [5, 5.41) is 20.7. The molecule has 5 heteroatoms. The van der Waals surface area contributed by atoms with Crippen LogP contribution < -0.4 is 0 Å². The van der Waals surface area contributed by atoms with E-state index in [9.17, 15) is 10.2 Å². The first-order valence-electron chi connectivity index (χ1n) is 8.03. The lowest BCUT2D eigenvalue weighted by molar-refractivity contribution is -0.468. The molecule has 5 nitrogen and oxygen atoms in total. The quantitative estimate of drug-likeness (QED) is 0.432. The molecule has 0 fully saturated rings. The lowest BCUT2D eigenvalue weighted by Crippen LogP contribution is -2.33. The standard InChI is InChI=1S/C18H21N3O2/c22-18(23)8-14-4-6-20(10-14)12-16-2-1-3-17(19-16)13-21-7-5-15(9-18)11-21/h1-7,10-11,14-15,22-23H,8-9,12-13H2. The molecule has 0 aliphatic carbocycles. The van der Waals surface area contributed by atoms with Crippen molar-refractivity contribution in [2.75, 3.05) is 0 Å². The summed E-state index contributed by atoms with van der Waals surface area (Å²) in [6, 6.07) is 6.10. The number of hydrogen-bond acceptors (Lipinski definition) is 4. The second-order valence-electron chi connectivity index (χ2n) is 6.66. The minimum atomic E-state index is -1.67. The number of aromatic nitrogens is 1. The van der Waals surface area contributed by atoms with Gasteiger partial charge in [-0.2, -0.15) is 0 Å². The van der Waals surface area contributed by atoms with Gasteiger partial charge in [-0.15, -0.1) is 5.92 Å². The van der Waals surface area contributed by atoms with Crippen molar-refractivity contribution in [3.8, 4) is 0 Å². The van der Waals surface area contributed by atoms with Crippen LogP contribution >= 0.6 is 0 Å². The zero-order valence-electron chi connectivity index (χ0n) is 12.9. The van der Waals surface area contributed by atoms with E-state index in [1.807, 2.05) is 55.5 Å². The smallest absolute Gasteiger partial charge is 0.190 e. The first-order valence-corrected chi connectivity index (χ1v) is 8.03. The van der Waals surface area contributed by atoms with Crippen LogP contribution in [0.3, 0.4) is 0 Å². The van der Waals surface area contributed by atoms with Crippen molar-refractivity contribution in [3.63, 3.8) is 0 Å². The molecule has 2 atom stereocenters. The Morgan fingerprint density at radius 3 is 3.00 bits per heavy atom. The van der Waals surface area contributed by atoms with E-state index in [4.69, 9.17) is 4.98 Å². The Bertz CT molecular complexity index is 693. The molecule has 6 bridgehead atoms. The Morgan fingerprint density at radius 2 is 2.09 bits per heavy atom. The molecular weight excluding hydrogens is 290 g/mol. The van der Waals surface area contributed by atoms with Gasteiger partial charge in [0.2, 0.25) is 0 Å². The van der Waals surface area contributed by atoms with Crippen molar-refractivity contribution in [3.05, 3.63) is 60.7 Å². The molecule has 4 rings (SSSR count). The summed E-state index contributed by atoms with van der Waals surface area (Å²) >= 11 is 0. The highest BCUT2D eigenvalue weighted by Gasteiger charge is 2.31. The first kappa shape index (κ1) is 14.6. The predicted molar refractivity (Wildman–Crippen MR) is 85.8 cm³/mol. The molecule has 1 aromatic rings. The van der Waals surface area contributed by atoms with Crippen LogP contribution in [0.25, 0.3) is 0 Å². The third-order valence-corrected chi connectivity index (χ3v) is 4.49. The Labute approximate surface area is 135 Å². The Hall–Kier alpha value is -1.98. The van der Waals surface area contributed by atoms with Gasteiger partial charge in [-0.3, -0.25) is 0 Å². The summed E-state index contributed by atoms with van der Waals surface area (Å²) < 4.78 is 2.07. The largest absolute Gasteiger partial charge is 0.523 e. The fourth-order valence-electron chi connectivity index (χ4n) is 3.50. The number of pyridine rings is 1. The number of rotatable bonds is 0. The van der Waals surface area contributed by atoms with Crippen LogP contribution in [-0.2, 0) is 13.1 Å². The molecule has 0 amide bonds. The Balaban J connectivity index is 1.65. The number of fused-ring (bicyclic) bond motifs is 5. The van der Waals surface area contributed by atoms with Crippen LogP contribution in [0.5, 0.6) is 0 Å². The molecule has 23 heavy (non-hydrogen) atoms. The topological polar surface area (TPSA) is 59.6 Å². The minimum Gasteiger partial charge on any atom is -0.523 e. The van der Waals surface area contributed by atoms with Crippen LogP contribution in [0.1, 0.15) is 24.2 Å². The molecule has 3 aliphatic heterocycles. The van der Waals surface area contributed by atoms with Crippen LogP contribution in [0, 0.1) is 18.4 Å².